The molecule has 0 saturated heterocycles. The van der Waals surface area contributed by atoms with E-state index in [9.17, 15) is 13.2 Å². The third-order valence-corrected chi connectivity index (χ3v) is 5.88. The molecule has 1 aromatic heterocycles. The first-order valence-electron chi connectivity index (χ1n) is 8.26. The summed E-state index contributed by atoms with van der Waals surface area (Å²) in [5.41, 5.74) is 2.21. The van der Waals surface area contributed by atoms with Crippen LogP contribution in [-0.4, -0.2) is 42.3 Å². The largest absolute Gasteiger partial charge is 0.348 e. The topological polar surface area (TPSA) is 84.3 Å². The molecule has 2 aromatic carbocycles. The zero-order chi connectivity index (χ0) is 19.4. The maximum Gasteiger partial charge on any atom is 0.251 e. The molecule has 1 amide bonds. The van der Waals surface area contributed by atoms with Crippen molar-refractivity contribution in [2.24, 2.45) is 0 Å². The Labute approximate surface area is 158 Å². The van der Waals surface area contributed by atoms with Gasteiger partial charge in [0.25, 0.3) is 5.91 Å². The third kappa shape index (κ3) is 4.24. The van der Waals surface area contributed by atoms with Crippen LogP contribution in [0.3, 0.4) is 0 Å². The number of aromatic nitrogens is 2. The molecule has 0 atom stereocenters. The molecule has 3 rings (SSSR count). The van der Waals surface area contributed by atoms with Crippen molar-refractivity contribution in [1.29, 1.82) is 0 Å². The SMILES string of the molecule is CN(C)S(=O)(=O)c1cccc(C(=O)NCc2ccc(-n3ccnc3)cc2)c1. The second-order valence-electron chi connectivity index (χ2n) is 6.13. The summed E-state index contributed by atoms with van der Waals surface area (Å²) in [6, 6.07) is 13.7. The molecule has 0 aliphatic heterocycles. The lowest BCUT2D eigenvalue weighted by Gasteiger charge is -2.12. The summed E-state index contributed by atoms with van der Waals surface area (Å²) in [6.07, 6.45) is 5.27. The van der Waals surface area contributed by atoms with Gasteiger partial charge in [0.15, 0.2) is 0 Å². The summed E-state index contributed by atoms with van der Waals surface area (Å²) in [5.74, 6) is -0.329. The van der Waals surface area contributed by atoms with E-state index in [4.69, 9.17) is 0 Å². The molecule has 0 aliphatic carbocycles. The Kier molecular flexibility index (Phi) is 5.38. The molecule has 140 valence electrons. The molecule has 3 aromatic rings. The summed E-state index contributed by atoms with van der Waals surface area (Å²) in [6.45, 7) is 0.341. The zero-order valence-corrected chi connectivity index (χ0v) is 15.8. The van der Waals surface area contributed by atoms with Gasteiger partial charge in [-0.15, -0.1) is 0 Å². The average Bonchev–Trinajstić information content (AvgIpc) is 3.21. The molecular weight excluding hydrogens is 364 g/mol. The van der Waals surface area contributed by atoms with E-state index < -0.39 is 10.0 Å². The van der Waals surface area contributed by atoms with Gasteiger partial charge in [0.2, 0.25) is 10.0 Å². The van der Waals surface area contributed by atoms with Crippen LogP contribution in [0.5, 0.6) is 0 Å². The minimum Gasteiger partial charge on any atom is -0.348 e. The monoisotopic (exact) mass is 384 g/mol. The van der Waals surface area contributed by atoms with Gasteiger partial charge in [0.05, 0.1) is 11.2 Å². The highest BCUT2D eigenvalue weighted by molar-refractivity contribution is 7.89. The number of sulfonamides is 1. The summed E-state index contributed by atoms with van der Waals surface area (Å²) >= 11 is 0. The highest BCUT2D eigenvalue weighted by Gasteiger charge is 2.18. The fourth-order valence-corrected chi connectivity index (χ4v) is 3.44. The van der Waals surface area contributed by atoms with Crippen LogP contribution in [0.15, 0.2) is 72.1 Å². The lowest BCUT2D eigenvalue weighted by molar-refractivity contribution is 0.0950. The van der Waals surface area contributed by atoms with Crippen molar-refractivity contribution in [2.45, 2.75) is 11.4 Å². The molecule has 0 unspecified atom stereocenters. The van der Waals surface area contributed by atoms with Gasteiger partial charge >= 0.3 is 0 Å². The van der Waals surface area contributed by atoms with Crippen LogP contribution in [-0.2, 0) is 16.6 Å². The standard InChI is InChI=1S/C19H20N4O3S/c1-22(2)27(25,26)18-5-3-4-16(12-18)19(24)21-13-15-6-8-17(9-7-15)23-11-10-20-14-23/h3-12,14H,13H2,1-2H3,(H,21,24). The maximum absolute atomic E-state index is 12.4. The predicted molar refractivity (Wildman–Crippen MR) is 102 cm³/mol. The molecule has 1 N–H and O–H groups in total. The second kappa shape index (κ2) is 7.73. The molecule has 0 saturated carbocycles. The molecular formula is C19H20N4O3S. The molecule has 7 nitrogen and oxygen atoms in total. The van der Waals surface area contributed by atoms with Gasteiger partial charge in [-0.3, -0.25) is 4.79 Å². The van der Waals surface area contributed by atoms with Crippen LogP contribution in [0, 0.1) is 0 Å². The Bertz CT molecular complexity index is 1030. The summed E-state index contributed by atoms with van der Waals surface area (Å²) in [5, 5.41) is 2.81. The first-order valence-corrected chi connectivity index (χ1v) is 9.70. The number of hydrogen-bond acceptors (Lipinski definition) is 4. The fourth-order valence-electron chi connectivity index (χ4n) is 2.49. The second-order valence-corrected chi connectivity index (χ2v) is 8.29. The fraction of sp³-hybridized carbons (Fsp3) is 0.158. The number of carbonyl (C=O) groups excluding carboxylic acids is 1. The maximum atomic E-state index is 12.4. The molecule has 8 heteroatoms. The Hall–Kier alpha value is -2.97. The Morgan fingerprint density at radius 3 is 2.52 bits per heavy atom. The van der Waals surface area contributed by atoms with Gasteiger partial charge in [0, 0.05) is 44.3 Å². The van der Waals surface area contributed by atoms with Crippen molar-refractivity contribution >= 4 is 15.9 Å². The van der Waals surface area contributed by atoms with Crippen LogP contribution in [0.25, 0.3) is 5.69 Å². The summed E-state index contributed by atoms with van der Waals surface area (Å²) < 4.78 is 27.4. The number of hydrogen-bond donors (Lipinski definition) is 1. The van der Waals surface area contributed by atoms with E-state index in [1.54, 1.807) is 24.7 Å². The van der Waals surface area contributed by atoms with Crippen LogP contribution in [0.4, 0.5) is 0 Å². The Balaban J connectivity index is 1.68. The quantitative estimate of drug-likeness (QED) is 0.705. The van der Waals surface area contributed by atoms with Crippen molar-refractivity contribution in [3.8, 4) is 5.69 Å². The van der Waals surface area contributed by atoms with Crippen molar-refractivity contribution < 1.29 is 13.2 Å². The van der Waals surface area contributed by atoms with E-state index >= 15 is 0 Å². The van der Waals surface area contributed by atoms with Gasteiger partial charge in [0.1, 0.15) is 0 Å². The van der Waals surface area contributed by atoms with Gasteiger partial charge in [-0.25, -0.2) is 17.7 Å². The van der Waals surface area contributed by atoms with E-state index in [1.165, 1.54) is 26.2 Å². The number of rotatable bonds is 6. The van der Waals surface area contributed by atoms with E-state index in [1.807, 2.05) is 35.0 Å². The lowest BCUT2D eigenvalue weighted by atomic mass is 10.2. The van der Waals surface area contributed by atoms with Crippen molar-refractivity contribution in [1.82, 2.24) is 19.2 Å². The third-order valence-electron chi connectivity index (χ3n) is 4.07. The minimum atomic E-state index is -3.58. The molecule has 0 bridgehead atoms. The van der Waals surface area contributed by atoms with E-state index in [-0.39, 0.29) is 10.8 Å². The normalized spacial score (nSPS) is 11.5. The summed E-state index contributed by atoms with van der Waals surface area (Å²) in [4.78, 5) is 16.5. The lowest BCUT2D eigenvalue weighted by Crippen LogP contribution is -2.25. The van der Waals surface area contributed by atoms with Crippen molar-refractivity contribution in [3.05, 3.63) is 78.4 Å². The highest BCUT2D eigenvalue weighted by Crippen LogP contribution is 2.15. The number of imidazole rings is 1. The number of amides is 1. The number of carbonyl (C=O) groups is 1. The predicted octanol–water partition coefficient (Wildman–Crippen LogP) is 2.05. The molecule has 0 spiro atoms. The van der Waals surface area contributed by atoms with Crippen LogP contribution < -0.4 is 5.32 Å². The van der Waals surface area contributed by atoms with Gasteiger partial charge in [-0.2, -0.15) is 0 Å². The van der Waals surface area contributed by atoms with Crippen LogP contribution in [0.2, 0.25) is 0 Å². The first-order chi connectivity index (χ1) is 12.9. The van der Waals surface area contributed by atoms with E-state index in [0.29, 0.717) is 12.1 Å². The Morgan fingerprint density at radius 1 is 1.15 bits per heavy atom. The zero-order valence-electron chi connectivity index (χ0n) is 15.0. The first kappa shape index (κ1) is 18.8. The van der Waals surface area contributed by atoms with Crippen LogP contribution >= 0.6 is 0 Å². The smallest absolute Gasteiger partial charge is 0.251 e. The highest BCUT2D eigenvalue weighted by atomic mass is 32.2. The number of nitrogens with one attached hydrogen (secondary N) is 1. The molecule has 1 heterocycles. The van der Waals surface area contributed by atoms with Gasteiger partial charge < -0.3 is 9.88 Å². The Morgan fingerprint density at radius 2 is 1.89 bits per heavy atom. The molecule has 27 heavy (non-hydrogen) atoms. The molecule has 0 radical (unpaired) electrons. The number of benzene rings is 2. The van der Waals surface area contributed by atoms with E-state index in [2.05, 4.69) is 10.3 Å². The van der Waals surface area contributed by atoms with Crippen molar-refractivity contribution in [3.63, 3.8) is 0 Å². The van der Waals surface area contributed by atoms with Gasteiger partial charge in [-0.05, 0) is 35.9 Å². The van der Waals surface area contributed by atoms with Crippen LogP contribution in [0.1, 0.15) is 15.9 Å². The average molecular weight is 384 g/mol. The molecule has 0 aliphatic rings. The van der Waals surface area contributed by atoms with E-state index in [0.717, 1.165) is 15.6 Å². The van der Waals surface area contributed by atoms with Crippen molar-refractivity contribution in [2.75, 3.05) is 14.1 Å². The minimum absolute atomic E-state index is 0.0878. The summed E-state index contributed by atoms with van der Waals surface area (Å²) in [7, 11) is -0.673. The molecule has 0 fully saturated rings. The van der Waals surface area contributed by atoms with Gasteiger partial charge in [-0.1, -0.05) is 18.2 Å². The number of nitrogens with zero attached hydrogens (tertiary/aromatic N) is 3.